The Morgan fingerprint density at radius 2 is 1.71 bits per heavy atom. The first kappa shape index (κ1) is 51.1. The highest BCUT2D eigenvalue weighted by Gasteiger charge is 2.50. The Morgan fingerprint density at radius 3 is 2.46 bits per heavy atom. The highest BCUT2D eigenvalue weighted by Crippen LogP contribution is 2.54. The van der Waals surface area contributed by atoms with Crippen LogP contribution in [0.4, 0.5) is 21.5 Å². The molecule has 76 heavy (non-hydrogen) atoms. The van der Waals surface area contributed by atoms with Gasteiger partial charge in [0.05, 0.1) is 23.8 Å². The van der Waals surface area contributed by atoms with Crippen molar-refractivity contribution in [2.75, 3.05) is 76.6 Å². The van der Waals surface area contributed by atoms with Crippen LogP contribution in [0.1, 0.15) is 91.4 Å². The molecule has 3 saturated heterocycles. The molecule has 6 heterocycles. The van der Waals surface area contributed by atoms with Crippen molar-refractivity contribution in [2.45, 2.75) is 87.5 Å². The molecule has 6 aromatic rings. The van der Waals surface area contributed by atoms with E-state index in [-0.39, 0.29) is 72.6 Å². The van der Waals surface area contributed by atoms with Crippen molar-refractivity contribution in [1.29, 1.82) is 0 Å². The van der Waals surface area contributed by atoms with Crippen molar-refractivity contribution in [1.82, 2.24) is 24.5 Å². The minimum Gasteiger partial charge on any atom is -0.497 e. The third-order valence-electron chi connectivity index (χ3n) is 16.1. The standard InChI is InChI=1S/C56H63FN8O10S/c1-36(2)43-6-4-5-7-44(43)47-33-62(32-37-8-11-41(71-3)12-9-37)22-23-64(47)40-29-55(30-40)15-20-63(21-16-55)39-10-13-45(48(27-39)75-42-26-38-14-19-58-53(38)59-31-42)54(66)61-76(69,70)49-28-46(65(67)68)50(52-51(49)73-35-74-52)60-34-56(57)17-24-72-25-18-56/h4-14,19,26-28,31,36,40,47,60H,15-18,20-25,29-30,32-35H2,1-3H3,(H,58,59)(H,61,66). The number of aromatic amines is 1. The van der Waals surface area contributed by atoms with Crippen LogP contribution in [-0.4, -0.2) is 117 Å². The van der Waals surface area contributed by atoms with Gasteiger partial charge in [-0.1, -0.05) is 50.2 Å². The molecular weight excluding hydrogens is 996 g/mol. The molecule has 1 spiro atoms. The van der Waals surface area contributed by atoms with Crippen LogP contribution < -0.4 is 33.9 Å². The lowest BCUT2D eigenvalue weighted by Gasteiger charge is -2.58. The topological polar surface area (TPSA) is 203 Å². The number of hydrogen-bond acceptors (Lipinski definition) is 15. The first-order valence-corrected chi connectivity index (χ1v) is 27.5. The molecule has 4 aromatic carbocycles. The molecule has 4 aliphatic heterocycles. The Hall–Kier alpha value is -7.00. The number of alkyl halides is 1. The largest absolute Gasteiger partial charge is 0.497 e. The second-order valence-electron chi connectivity index (χ2n) is 21.2. The van der Waals surface area contributed by atoms with E-state index >= 15 is 4.39 Å². The molecule has 2 aromatic heterocycles. The zero-order chi connectivity index (χ0) is 52.8. The SMILES string of the molecule is COc1ccc(CN2CCN(C3CC4(CCN(c5ccc(C(=O)NS(=O)(=O)c6cc([N+](=O)[O-])c(NCC7(F)CCOCC7)c7c6OCO7)c(Oc6cnc7[nH]ccc7c6)c5)CC4)C3)C(c3ccccc3C(C)C)C2)cc1. The molecule has 1 unspecified atom stereocenters. The van der Waals surface area contributed by atoms with Crippen LogP contribution >= 0.6 is 0 Å². The van der Waals surface area contributed by atoms with E-state index in [1.807, 2.05) is 18.2 Å². The molecule has 0 bridgehead atoms. The number of piperazine rings is 1. The van der Waals surface area contributed by atoms with Gasteiger partial charge in [-0.05, 0) is 90.1 Å². The van der Waals surface area contributed by atoms with Crippen molar-refractivity contribution in [3.63, 3.8) is 0 Å². The summed E-state index contributed by atoms with van der Waals surface area (Å²) in [5.74, 6) is -0.0391. The van der Waals surface area contributed by atoms with Gasteiger partial charge in [-0.15, -0.1) is 0 Å². The smallest absolute Gasteiger partial charge is 0.297 e. The molecule has 0 radical (unpaired) electrons. The number of amides is 1. The number of piperidine rings is 1. The molecule has 5 aliphatic rings. The number of carbonyl (C=O) groups excluding carboxylic acids is 1. The highest BCUT2D eigenvalue weighted by molar-refractivity contribution is 7.90. The number of aromatic nitrogens is 2. The first-order chi connectivity index (χ1) is 36.7. The summed E-state index contributed by atoms with van der Waals surface area (Å²) in [7, 11) is -3.19. The Morgan fingerprint density at radius 1 is 0.947 bits per heavy atom. The Labute approximate surface area is 441 Å². The average Bonchev–Trinajstić information content (AvgIpc) is 4.11. The number of H-pyrrole nitrogens is 1. The molecule has 1 aliphatic carbocycles. The Balaban J connectivity index is 0.807. The molecule has 400 valence electrons. The molecule has 1 amide bonds. The van der Waals surface area contributed by atoms with Crippen molar-refractivity contribution < 1.29 is 46.2 Å². The average molecular weight is 1060 g/mol. The van der Waals surface area contributed by atoms with Gasteiger partial charge in [0.15, 0.2) is 17.2 Å². The number of methoxy groups -OCH3 is 1. The number of carbonyl (C=O) groups is 1. The number of halogens is 1. The maximum absolute atomic E-state index is 15.6. The summed E-state index contributed by atoms with van der Waals surface area (Å²) in [6.07, 6.45) is 7.60. The molecule has 11 rings (SSSR count). The van der Waals surface area contributed by atoms with Crippen LogP contribution in [-0.2, 0) is 21.3 Å². The van der Waals surface area contributed by atoms with Crippen molar-refractivity contribution >= 4 is 44.0 Å². The predicted octanol–water partition coefficient (Wildman–Crippen LogP) is 9.48. The summed E-state index contributed by atoms with van der Waals surface area (Å²) in [5.41, 5.74) is 2.95. The zero-order valence-electron chi connectivity index (χ0n) is 42.9. The van der Waals surface area contributed by atoms with Gasteiger partial charge >= 0.3 is 0 Å². The van der Waals surface area contributed by atoms with Gasteiger partial charge in [-0.25, -0.2) is 22.5 Å². The number of ether oxygens (including phenoxy) is 5. The molecule has 1 atom stereocenters. The number of nitrogens with one attached hydrogen (secondary N) is 3. The van der Waals surface area contributed by atoms with Gasteiger partial charge in [0, 0.05) is 113 Å². The van der Waals surface area contributed by atoms with E-state index in [0.717, 1.165) is 87.8 Å². The number of nitro benzene ring substituents is 1. The van der Waals surface area contributed by atoms with Crippen LogP contribution in [0.15, 0.2) is 102 Å². The van der Waals surface area contributed by atoms with E-state index in [4.69, 9.17) is 23.7 Å². The van der Waals surface area contributed by atoms with Gasteiger partial charge in [-0.2, -0.15) is 0 Å². The number of nitrogens with zero attached hydrogens (tertiary/aromatic N) is 5. The third kappa shape index (κ3) is 10.3. The lowest BCUT2D eigenvalue weighted by Crippen LogP contribution is -2.60. The second-order valence-corrected chi connectivity index (χ2v) is 22.8. The van der Waals surface area contributed by atoms with Gasteiger partial charge < -0.3 is 38.9 Å². The minimum absolute atomic E-state index is 0.0666. The third-order valence-corrected chi connectivity index (χ3v) is 17.5. The summed E-state index contributed by atoms with van der Waals surface area (Å²) >= 11 is 0. The van der Waals surface area contributed by atoms with Gasteiger partial charge in [0.2, 0.25) is 6.79 Å². The minimum atomic E-state index is -4.88. The van der Waals surface area contributed by atoms with Gasteiger partial charge in [0.1, 0.15) is 33.5 Å². The van der Waals surface area contributed by atoms with Crippen LogP contribution in [0.25, 0.3) is 11.0 Å². The van der Waals surface area contributed by atoms with Crippen LogP contribution in [0.2, 0.25) is 0 Å². The fourth-order valence-corrected chi connectivity index (χ4v) is 13.0. The summed E-state index contributed by atoms with van der Waals surface area (Å²) in [6.45, 7) is 9.50. The quantitative estimate of drug-likeness (QED) is 0.0610. The predicted molar refractivity (Wildman–Crippen MR) is 284 cm³/mol. The monoisotopic (exact) mass is 1060 g/mol. The summed E-state index contributed by atoms with van der Waals surface area (Å²) in [4.78, 5) is 40.4. The van der Waals surface area contributed by atoms with Crippen LogP contribution in [0.3, 0.4) is 0 Å². The van der Waals surface area contributed by atoms with Crippen molar-refractivity contribution in [3.8, 4) is 28.7 Å². The summed E-state index contributed by atoms with van der Waals surface area (Å²) < 4.78 is 74.3. The number of pyridine rings is 1. The first-order valence-electron chi connectivity index (χ1n) is 26.1. The van der Waals surface area contributed by atoms with Crippen molar-refractivity contribution in [3.05, 3.63) is 130 Å². The van der Waals surface area contributed by atoms with E-state index in [0.29, 0.717) is 23.4 Å². The van der Waals surface area contributed by atoms with E-state index < -0.39 is 43.9 Å². The Bertz CT molecular complexity index is 3240. The van der Waals surface area contributed by atoms with E-state index in [1.54, 1.807) is 31.5 Å². The zero-order valence-corrected chi connectivity index (χ0v) is 43.7. The fraction of sp³-hybridized carbons (Fsp3) is 0.429. The molecule has 1 saturated carbocycles. The molecular formula is C56H63FN8O10S. The van der Waals surface area contributed by atoms with Gasteiger partial charge in [-0.3, -0.25) is 24.7 Å². The molecule has 20 heteroatoms. The van der Waals surface area contributed by atoms with Gasteiger partial charge in [0.25, 0.3) is 21.6 Å². The summed E-state index contributed by atoms with van der Waals surface area (Å²) in [5, 5.41) is 16.0. The van der Waals surface area contributed by atoms with E-state index in [9.17, 15) is 23.3 Å². The maximum atomic E-state index is 15.6. The number of anilines is 2. The maximum Gasteiger partial charge on any atom is 0.297 e. The summed E-state index contributed by atoms with van der Waals surface area (Å²) in [6, 6.07) is 27.5. The number of rotatable bonds is 16. The normalized spacial score (nSPS) is 19.6. The van der Waals surface area contributed by atoms with E-state index in [1.165, 1.54) is 29.0 Å². The lowest BCUT2D eigenvalue weighted by molar-refractivity contribution is -0.384. The Kier molecular flexibility index (Phi) is 14.0. The number of hydrogen-bond donors (Lipinski definition) is 3. The van der Waals surface area contributed by atoms with E-state index in [2.05, 4.69) is 85.0 Å². The molecule has 3 N–H and O–H groups in total. The van der Waals surface area contributed by atoms with Crippen molar-refractivity contribution in [2.24, 2.45) is 5.41 Å². The van der Waals surface area contributed by atoms with Crippen LogP contribution in [0.5, 0.6) is 28.7 Å². The fourth-order valence-electron chi connectivity index (χ4n) is 11.9. The number of benzene rings is 4. The number of nitro groups is 1. The number of fused-ring (bicyclic) bond motifs is 2. The molecule has 18 nitrogen and oxygen atoms in total. The molecule has 4 fully saturated rings. The highest BCUT2D eigenvalue weighted by atomic mass is 32.2. The number of sulfonamides is 1. The second kappa shape index (κ2) is 20.8. The van der Waals surface area contributed by atoms with Crippen LogP contribution in [0, 0.1) is 15.5 Å². The lowest BCUT2D eigenvalue weighted by atomic mass is 9.59.